The zero-order valence-corrected chi connectivity index (χ0v) is 15.1. The largest absolute Gasteiger partial charge is 0.361 e. The maximum atomic E-state index is 12.6. The molecule has 0 saturated heterocycles. The van der Waals surface area contributed by atoms with E-state index in [1.54, 1.807) is 0 Å². The van der Waals surface area contributed by atoms with Crippen LogP contribution in [0.5, 0.6) is 0 Å². The Morgan fingerprint density at radius 1 is 1.28 bits per heavy atom. The SMILES string of the molecule is Cc1noc(C)c1CC(=O)N[C@@H](CC(C)C)c1nc2ccccc2[nH]1. The second kappa shape index (κ2) is 7.09. The Labute approximate surface area is 147 Å². The number of carbonyl (C=O) groups is 1. The summed E-state index contributed by atoms with van der Waals surface area (Å²) in [6.45, 7) is 7.95. The zero-order chi connectivity index (χ0) is 18.0. The third kappa shape index (κ3) is 3.90. The van der Waals surface area contributed by atoms with Crippen LogP contribution in [0.25, 0.3) is 11.0 Å². The van der Waals surface area contributed by atoms with Gasteiger partial charge in [0.15, 0.2) is 0 Å². The molecule has 132 valence electrons. The number of hydrogen-bond donors (Lipinski definition) is 2. The van der Waals surface area contributed by atoms with Gasteiger partial charge in [0.2, 0.25) is 5.91 Å². The summed E-state index contributed by atoms with van der Waals surface area (Å²) >= 11 is 0. The highest BCUT2D eigenvalue weighted by atomic mass is 16.5. The number of fused-ring (bicyclic) bond motifs is 1. The van der Waals surface area contributed by atoms with Gasteiger partial charge in [0.05, 0.1) is 29.2 Å². The third-order valence-corrected chi connectivity index (χ3v) is 4.30. The monoisotopic (exact) mass is 340 g/mol. The summed E-state index contributed by atoms with van der Waals surface area (Å²) in [5.41, 5.74) is 3.50. The summed E-state index contributed by atoms with van der Waals surface area (Å²) in [5.74, 6) is 1.86. The first kappa shape index (κ1) is 17.2. The smallest absolute Gasteiger partial charge is 0.225 e. The van der Waals surface area contributed by atoms with Crippen molar-refractivity contribution < 1.29 is 9.32 Å². The third-order valence-electron chi connectivity index (χ3n) is 4.30. The second-order valence-corrected chi connectivity index (χ2v) is 6.87. The van der Waals surface area contributed by atoms with Crippen LogP contribution in [0.15, 0.2) is 28.8 Å². The number of H-pyrrole nitrogens is 1. The Hall–Kier alpha value is -2.63. The normalized spacial score (nSPS) is 12.7. The van der Waals surface area contributed by atoms with Crippen LogP contribution in [0.4, 0.5) is 0 Å². The molecule has 3 aromatic rings. The molecule has 1 amide bonds. The predicted octanol–water partition coefficient (Wildman–Crippen LogP) is 3.61. The minimum absolute atomic E-state index is 0.0551. The van der Waals surface area contributed by atoms with E-state index in [0.717, 1.165) is 34.5 Å². The van der Waals surface area contributed by atoms with Gasteiger partial charge >= 0.3 is 0 Å². The molecule has 0 aliphatic rings. The molecule has 25 heavy (non-hydrogen) atoms. The maximum Gasteiger partial charge on any atom is 0.225 e. The number of aryl methyl sites for hydroxylation is 2. The number of para-hydroxylation sites is 2. The van der Waals surface area contributed by atoms with E-state index in [1.165, 1.54) is 0 Å². The molecule has 0 aliphatic heterocycles. The molecule has 2 heterocycles. The van der Waals surface area contributed by atoms with E-state index in [0.29, 0.717) is 11.7 Å². The van der Waals surface area contributed by atoms with Crippen molar-refractivity contribution in [2.45, 2.75) is 46.6 Å². The summed E-state index contributed by atoms with van der Waals surface area (Å²) in [4.78, 5) is 20.6. The van der Waals surface area contributed by atoms with Crippen molar-refractivity contribution in [1.82, 2.24) is 20.4 Å². The fourth-order valence-corrected chi connectivity index (χ4v) is 3.01. The van der Waals surface area contributed by atoms with Crippen molar-refractivity contribution in [3.8, 4) is 0 Å². The van der Waals surface area contributed by atoms with Crippen LogP contribution in [0.1, 0.15) is 49.2 Å². The topological polar surface area (TPSA) is 83.8 Å². The first-order valence-corrected chi connectivity index (χ1v) is 8.59. The summed E-state index contributed by atoms with van der Waals surface area (Å²) in [7, 11) is 0. The Balaban J connectivity index is 1.79. The molecule has 0 spiro atoms. The van der Waals surface area contributed by atoms with Gasteiger partial charge in [-0.25, -0.2) is 4.98 Å². The van der Waals surface area contributed by atoms with Gasteiger partial charge in [0.25, 0.3) is 0 Å². The highest BCUT2D eigenvalue weighted by molar-refractivity contribution is 5.80. The molecule has 6 heteroatoms. The van der Waals surface area contributed by atoms with Crippen LogP contribution in [0, 0.1) is 19.8 Å². The van der Waals surface area contributed by atoms with Gasteiger partial charge in [-0.1, -0.05) is 31.1 Å². The minimum atomic E-state index is -0.152. The van der Waals surface area contributed by atoms with Crippen molar-refractivity contribution in [2.24, 2.45) is 5.92 Å². The van der Waals surface area contributed by atoms with Gasteiger partial charge in [0.1, 0.15) is 11.6 Å². The molecule has 0 aliphatic carbocycles. The van der Waals surface area contributed by atoms with Crippen LogP contribution >= 0.6 is 0 Å². The van der Waals surface area contributed by atoms with Crippen LogP contribution in [0.2, 0.25) is 0 Å². The van der Waals surface area contributed by atoms with Gasteiger partial charge in [-0.05, 0) is 38.3 Å². The van der Waals surface area contributed by atoms with E-state index in [2.05, 4.69) is 34.3 Å². The quantitative estimate of drug-likeness (QED) is 0.718. The van der Waals surface area contributed by atoms with E-state index < -0.39 is 0 Å². The molecule has 2 aromatic heterocycles. The number of carbonyl (C=O) groups excluding carboxylic acids is 1. The molecule has 0 radical (unpaired) electrons. The molecular formula is C19H24N4O2. The fourth-order valence-electron chi connectivity index (χ4n) is 3.01. The molecule has 0 fully saturated rings. The van der Waals surface area contributed by atoms with Crippen LogP contribution < -0.4 is 5.32 Å². The molecule has 0 bridgehead atoms. The number of nitrogens with zero attached hydrogens (tertiary/aromatic N) is 2. The first-order chi connectivity index (χ1) is 11.9. The first-order valence-electron chi connectivity index (χ1n) is 8.59. The Bertz CT molecular complexity index is 826. The van der Waals surface area contributed by atoms with Crippen molar-refractivity contribution in [2.75, 3.05) is 0 Å². The lowest BCUT2D eigenvalue weighted by Crippen LogP contribution is -2.31. The van der Waals surface area contributed by atoms with Crippen molar-refractivity contribution in [3.05, 3.63) is 47.1 Å². The number of rotatable bonds is 6. The average molecular weight is 340 g/mol. The molecule has 3 rings (SSSR count). The highest BCUT2D eigenvalue weighted by Crippen LogP contribution is 2.22. The molecule has 0 saturated carbocycles. The van der Waals surface area contributed by atoms with Gasteiger partial charge in [-0.15, -0.1) is 0 Å². The van der Waals surface area contributed by atoms with Gasteiger partial charge < -0.3 is 14.8 Å². The van der Waals surface area contributed by atoms with Gasteiger partial charge in [0, 0.05) is 5.56 Å². The van der Waals surface area contributed by atoms with Crippen molar-refractivity contribution >= 4 is 16.9 Å². The van der Waals surface area contributed by atoms with E-state index in [1.807, 2.05) is 38.1 Å². The lowest BCUT2D eigenvalue weighted by atomic mass is 10.0. The molecular weight excluding hydrogens is 316 g/mol. The van der Waals surface area contributed by atoms with Crippen molar-refractivity contribution in [1.29, 1.82) is 0 Å². The van der Waals surface area contributed by atoms with E-state index in [9.17, 15) is 4.79 Å². The number of imidazole rings is 1. The minimum Gasteiger partial charge on any atom is -0.361 e. The molecule has 0 unspecified atom stereocenters. The number of amides is 1. The van der Waals surface area contributed by atoms with Crippen LogP contribution in [-0.4, -0.2) is 21.0 Å². The molecule has 1 atom stereocenters. The Morgan fingerprint density at radius 3 is 2.68 bits per heavy atom. The maximum absolute atomic E-state index is 12.6. The fraction of sp³-hybridized carbons (Fsp3) is 0.421. The van der Waals surface area contributed by atoms with Crippen LogP contribution in [0.3, 0.4) is 0 Å². The lowest BCUT2D eigenvalue weighted by molar-refractivity contribution is -0.121. The number of benzene rings is 1. The number of nitrogens with one attached hydrogen (secondary N) is 2. The number of aromatic amines is 1. The van der Waals surface area contributed by atoms with Crippen molar-refractivity contribution in [3.63, 3.8) is 0 Å². The summed E-state index contributed by atoms with van der Waals surface area (Å²) in [5, 5.41) is 7.03. The van der Waals surface area contributed by atoms with Gasteiger partial charge in [-0.3, -0.25) is 4.79 Å². The molecule has 6 nitrogen and oxygen atoms in total. The van der Waals surface area contributed by atoms with Gasteiger partial charge in [-0.2, -0.15) is 0 Å². The summed E-state index contributed by atoms with van der Waals surface area (Å²) in [6.07, 6.45) is 1.07. The average Bonchev–Trinajstić information content (AvgIpc) is 3.12. The number of aromatic nitrogens is 3. The van der Waals surface area contributed by atoms with E-state index >= 15 is 0 Å². The molecule has 1 aromatic carbocycles. The predicted molar refractivity (Wildman–Crippen MR) is 96.1 cm³/mol. The zero-order valence-electron chi connectivity index (χ0n) is 15.1. The molecule has 2 N–H and O–H groups in total. The van der Waals surface area contributed by atoms with Crippen LogP contribution in [-0.2, 0) is 11.2 Å². The Kier molecular flexibility index (Phi) is 4.88. The lowest BCUT2D eigenvalue weighted by Gasteiger charge is -2.18. The summed E-state index contributed by atoms with van der Waals surface area (Å²) < 4.78 is 5.14. The highest BCUT2D eigenvalue weighted by Gasteiger charge is 2.21. The van der Waals surface area contributed by atoms with E-state index in [-0.39, 0.29) is 18.4 Å². The summed E-state index contributed by atoms with van der Waals surface area (Å²) in [6, 6.07) is 7.73. The second-order valence-electron chi connectivity index (χ2n) is 6.87. The van der Waals surface area contributed by atoms with E-state index in [4.69, 9.17) is 4.52 Å². The Morgan fingerprint density at radius 2 is 2.04 bits per heavy atom. The number of hydrogen-bond acceptors (Lipinski definition) is 4. The standard InChI is InChI=1S/C19H24N4O2/c1-11(2)9-17(19-21-15-7-5-6-8-16(15)22-19)20-18(24)10-14-12(3)23-25-13(14)4/h5-8,11,17H,9-10H2,1-4H3,(H,20,24)(H,21,22)/t17-/m0/s1.